The molecule has 0 fully saturated rings. The molecule has 0 aliphatic carbocycles. The van der Waals surface area contributed by atoms with Gasteiger partial charge in [-0.3, -0.25) is 0 Å². The van der Waals surface area contributed by atoms with Crippen LogP contribution in [0.2, 0.25) is 0 Å². The van der Waals surface area contributed by atoms with Gasteiger partial charge in [0, 0.05) is 17.2 Å². The van der Waals surface area contributed by atoms with Crippen molar-refractivity contribution in [2.75, 3.05) is 0 Å². The van der Waals surface area contributed by atoms with Crippen LogP contribution >= 0.6 is 0 Å². The van der Waals surface area contributed by atoms with Crippen molar-refractivity contribution in [1.29, 1.82) is 0 Å². The van der Waals surface area contributed by atoms with Crippen molar-refractivity contribution in [2.24, 2.45) is 0 Å². The van der Waals surface area contributed by atoms with Gasteiger partial charge in [-0.2, -0.15) is 0 Å². The molecule has 5 nitrogen and oxygen atoms in total. The van der Waals surface area contributed by atoms with Crippen molar-refractivity contribution in [3.63, 3.8) is 0 Å². The molecule has 0 atom stereocenters. The number of rotatable bonds is 6. The maximum absolute atomic E-state index is 9.23. The van der Waals surface area contributed by atoms with E-state index in [-0.39, 0.29) is 12.0 Å². The molecule has 0 amide bonds. The maximum atomic E-state index is 9.23. The van der Waals surface area contributed by atoms with Gasteiger partial charge in [-0.25, -0.2) is 0 Å². The molecule has 1 N–H and O–H groups in total. The number of aromatic hydroxyl groups is 1. The molecule has 124 valence electrons. The molecule has 0 bridgehead atoms. The summed E-state index contributed by atoms with van der Waals surface area (Å²) in [5, 5.41) is 12.7. The van der Waals surface area contributed by atoms with Gasteiger partial charge < -0.3 is 19.1 Å². The third-order valence-electron chi connectivity index (χ3n) is 3.37. The van der Waals surface area contributed by atoms with Gasteiger partial charge >= 0.3 is 0 Å². The second-order valence-corrected chi connectivity index (χ2v) is 5.64. The van der Waals surface area contributed by atoms with Gasteiger partial charge in [0.1, 0.15) is 18.1 Å². The highest BCUT2D eigenvalue weighted by Gasteiger charge is 2.08. The normalized spacial score (nSPS) is 10.8. The molecule has 3 rings (SSSR count). The van der Waals surface area contributed by atoms with Crippen LogP contribution in [-0.4, -0.2) is 16.4 Å². The molecule has 0 saturated heterocycles. The van der Waals surface area contributed by atoms with E-state index in [0.717, 1.165) is 22.6 Å². The summed E-state index contributed by atoms with van der Waals surface area (Å²) < 4.78 is 16.6. The van der Waals surface area contributed by atoms with E-state index in [9.17, 15) is 5.11 Å². The van der Waals surface area contributed by atoms with Crippen LogP contribution in [0.4, 0.5) is 0 Å². The lowest BCUT2D eigenvalue weighted by atomic mass is 10.1. The van der Waals surface area contributed by atoms with Crippen molar-refractivity contribution in [3.05, 3.63) is 60.2 Å². The highest BCUT2D eigenvalue weighted by Crippen LogP contribution is 2.26. The van der Waals surface area contributed by atoms with Gasteiger partial charge in [0.15, 0.2) is 5.76 Å². The Balaban J connectivity index is 1.67. The lowest BCUT2D eigenvalue weighted by Crippen LogP contribution is -2.08. The number of hydrogen-bond donors (Lipinski definition) is 1. The Morgan fingerprint density at radius 3 is 2.50 bits per heavy atom. The van der Waals surface area contributed by atoms with Gasteiger partial charge in [-0.15, -0.1) is 0 Å². The van der Waals surface area contributed by atoms with E-state index < -0.39 is 0 Å². The van der Waals surface area contributed by atoms with Crippen LogP contribution < -0.4 is 9.47 Å². The van der Waals surface area contributed by atoms with Crippen molar-refractivity contribution in [1.82, 2.24) is 5.16 Å². The molecular weight excluding hydrogens is 306 g/mol. The largest absolute Gasteiger partial charge is 0.491 e. The third kappa shape index (κ3) is 3.87. The predicted octanol–water partition coefficient (Wildman–Crippen LogP) is 4.41. The van der Waals surface area contributed by atoms with Crippen molar-refractivity contribution in [3.8, 4) is 28.7 Å². The summed E-state index contributed by atoms with van der Waals surface area (Å²) in [6, 6.07) is 16.7. The van der Waals surface area contributed by atoms with Crippen LogP contribution in [0, 0.1) is 0 Å². The highest BCUT2D eigenvalue weighted by molar-refractivity contribution is 5.59. The quantitative estimate of drug-likeness (QED) is 0.727. The molecule has 0 unspecified atom stereocenters. The number of para-hydroxylation sites is 1. The number of ether oxygens (including phenoxy) is 2. The summed E-state index contributed by atoms with van der Waals surface area (Å²) in [5.41, 5.74) is 1.81. The average Bonchev–Trinajstić information content (AvgIpc) is 3.00. The molecule has 0 aliphatic heterocycles. The Bertz CT molecular complexity index is 793. The smallest absolute Gasteiger partial charge is 0.252 e. The van der Waals surface area contributed by atoms with Crippen molar-refractivity contribution < 1.29 is 19.1 Å². The Morgan fingerprint density at radius 2 is 1.83 bits per heavy atom. The van der Waals surface area contributed by atoms with Gasteiger partial charge in [0.25, 0.3) is 5.88 Å². The number of nitrogens with zero attached hydrogens (tertiary/aromatic N) is 1. The van der Waals surface area contributed by atoms with Gasteiger partial charge in [0.2, 0.25) is 0 Å². The second-order valence-electron chi connectivity index (χ2n) is 5.64. The monoisotopic (exact) mass is 325 g/mol. The fraction of sp³-hybridized carbons (Fsp3) is 0.211. The van der Waals surface area contributed by atoms with Gasteiger partial charge in [-0.1, -0.05) is 18.2 Å². The zero-order valence-corrected chi connectivity index (χ0v) is 13.6. The topological polar surface area (TPSA) is 64.7 Å². The standard InChI is InChI=1S/C19H19NO4/c1-13(2)23-17-6-4-3-5-15(17)12-22-16-9-7-14(8-10-16)18-11-19(21)20-24-18/h3-11,13H,12H2,1-2H3,(H,20,21). The van der Waals surface area contributed by atoms with Crippen LogP contribution in [0.5, 0.6) is 17.4 Å². The molecule has 5 heteroatoms. The lowest BCUT2D eigenvalue weighted by Gasteiger charge is -2.14. The van der Waals surface area contributed by atoms with Gasteiger partial charge in [-0.05, 0) is 49.3 Å². The van der Waals surface area contributed by atoms with Crippen LogP contribution in [-0.2, 0) is 6.61 Å². The number of aromatic nitrogens is 1. The number of hydrogen-bond acceptors (Lipinski definition) is 5. The molecule has 0 saturated carbocycles. The molecule has 2 aromatic carbocycles. The minimum absolute atomic E-state index is 0.115. The maximum Gasteiger partial charge on any atom is 0.252 e. The third-order valence-corrected chi connectivity index (χ3v) is 3.37. The lowest BCUT2D eigenvalue weighted by molar-refractivity contribution is 0.230. The van der Waals surface area contributed by atoms with Crippen LogP contribution in [0.3, 0.4) is 0 Å². The fourth-order valence-electron chi connectivity index (χ4n) is 2.27. The summed E-state index contributed by atoms with van der Waals surface area (Å²) in [4.78, 5) is 0. The summed E-state index contributed by atoms with van der Waals surface area (Å²) in [7, 11) is 0. The molecule has 24 heavy (non-hydrogen) atoms. The first-order valence-electron chi connectivity index (χ1n) is 7.75. The first kappa shape index (κ1) is 15.9. The van der Waals surface area contributed by atoms with Crippen LogP contribution in [0.1, 0.15) is 19.4 Å². The van der Waals surface area contributed by atoms with Crippen LogP contribution in [0.15, 0.2) is 59.1 Å². The Kier molecular flexibility index (Phi) is 4.70. The van der Waals surface area contributed by atoms with Crippen LogP contribution in [0.25, 0.3) is 11.3 Å². The molecule has 0 spiro atoms. The first-order valence-corrected chi connectivity index (χ1v) is 7.75. The Hall–Kier alpha value is -2.95. The summed E-state index contributed by atoms with van der Waals surface area (Å²) in [6.45, 7) is 4.42. The highest BCUT2D eigenvalue weighted by atomic mass is 16.5. The average molecular weight is 325 g/mol. The summed E-state index contributed by atoms with van der Waals surface area (Å²) in [6.07, 6.45) is 0.115. The summed E-state index contributed by atoms with van der Waals surface area (Å²) in [5.74, 6) is 1.95. The van der Waals surface area contributed by atoms with E-state index in [1.54, 1.807) is 0 Å². The molecule has 1 heterocycles. The van der Waals surface area contributed by atoms with E-state index >= 15 is 0 Å². The molecule has 0 aliphatic rings. The minimum atomic E-state index is -0.132. The van der Waals surface area contributed by atoms with E-state index in [0.29, 0.717) is 12.4 Å². The fourth-order valence-corrected chi connectivity index (χ4v) is 2.27. The first-order chi connectivity index (χ1) is 11.6. The second kappa shape index (κ2) is 7.08. The van der Waals surface area contributed by atoms with E-state index in [2.05, 4.69) is 5.16 Å². The molecule has 0 radical (unpaired) electrons. The van der Waals surface area contributed by atoms with Crippen molar-refractivity contribution >= 4 is 0 Å². The molecular formula is C19H19NO4. The minimum Gasteiger partial charge on any atom is -0.491 e. The van der Waals surface area contributed by atoms with Gasteiger partial charge in [0.05, 0.1) is 6.10 Å². The Labute approximate surface area is 140 Å². The van der Waals surface area contributed by atoms with E-state index in [4.69, 9.17) is 14.0 Å². The Morgan fingerprint density at radius 1 is 1.08 bits per heavy atom. The molecule has 3 aromatic rings. The zero-order chi connectivity index (χ0) is 16.9. The van der Waals surface area contributed by atoms with E-state index in [1.165, 1.54) is 6.07 Å². The van der Waals surface area contributed by atoms with Crippen molar-refractivity contribution in [2.45, 2.75) is 26.6 Å². The van der Waals surface area contributed by atoms with E-state index in [1.807, 2.05) is 62.4 Å². The predicted molar refractivity (Wildman–Crippen MR) is 90.1 cm³/mol. The zero-order valence-electron chi connectivity index (χ0n) is 13.6. The molecule has 1 aromatic heterocycles. The number of benzene rings is 2. The SMILES string of the molecule is CC(C)Oc1ccccc1COc1ccc(-c2cc(O)no2)cc1. The summed E-state index contributed by atoms with van der Waals surface area (Å²) >= 11 is 0.